The largest absolute Gasteiger partial charge is 0.299 e. The van der Waals surface area contributed by atoms with Gasteiger partial charge in [-0.1, -0.05) is 15.9 Å². The van der Waals surface area contributed by atoms with E-state index < -0.39 is 21.6 Å². The van der Waals surface area contributed by atoms with Gasteiger partial charge in [0, 0.05) is 28.0 Å². The second-order valence-corrected chi connectivity index (χ2v) is 6.92. The summed E-state index contributed by atoms with van der Waals surface area (Å²) in [5.41, 5.74) is 0.226. The lowest BCUT2D eigenvalue weighted by molar-refractivity contribution is -0.114. The number of hydrogen-bond donors (Lipinski definition) is 0. The van der Waals surface area contributed by atoms with Gasteiger partial charge < -0.3 is 0 Å². The molecule has 0 atom stereocenters. The van der Waals surface area contributed by atoms with Gasteiger partial charge in [0.1, 0.15) is 11.5 Å². The standard InChI is InChI=1S/C9H9BrCl2N2O3S/c1-7(15)6-18(16,17)13(14(11)12)9-4-2-8(10)3-5-9/h2-5H,6H2,1H3. The third-order valence-electron chi connectivity index (χ3n) is 1.83. The minimum Gasteiger partial charge on any atom is -0.299 e. The Labute approximate surface area is 124 Å². The van der Waals surface area contributed by atoms with E-state index >= 15 is 0 Å². The van der Waals surface area contributed by atoms with Crippen LogP contribution >= 0.6 is 39.5 Å². The minimum atomic E-state index is -3.96. The highest BCUT2D eigenvalue weighted by Gasteiger charge is 2.28. The van der Waals surface area contributed by atoms with Crippen molar-refractivity contribution in [1.82, 2.24) is 4.05 Å². The van der Waals surface area contributed by atoms with Gasteiger partial charge in [-0.25, -0.2) is 8.42 Å². The SMILES string of the molecule is CC(=O)CS(=O)(=O)N(c1ccc(Br)cc1)N(Cl)Cl. The molecule has 0 spiro atoms. The van der Waals surface area contributed by atoms with Crippen molar-refractivity contribution in [3.63, 3.8) is 0 Å². The number of halogens is 3. The number of hydrazine groups is 1. The highest BCUT2D eigenvalue weighted by atomic mass is 79.9. The third-order valence-corrected chi connectivity index (χ3v) is 4.52. The fourth-order valence-electron chi connectivity index (χ4n) is 1.23. The van der Waals surface area contributed by atoms with Gasteiger partial charge >= 0.3 is 0 Å². The smallest absolute Gasteiger partial charge is 0.257 e. The highest BCUT2D eigenvalue weighted by Crippen LogP contribution is 2.25. The number of carbonyl (C=O) groups is 1. The Hall–Kier alpha value is -0.340. The van der Waals surface area contributed by atoms with Crippen LogP contribution in [0.3, 0.4) is 0 Å². The van der Waals surface area contributed by atoms with E-state index in [1.807, 2.05) is 0 Å². The van der Waals surface area contributed by atoms with E-state index in [2.05, 4.69) is 15.9 Å². The van der Waals surface area contributed by atoms with E-state index in [1.165, 1.54) is 19.1 Å². The number of anilines is 1. The zero-order valence-electron chi connectivity index (χ0n) is 9.18. The summed E-state index contributed by atoms with van der Waals surface area (Å²) in [7, 11) is -3.96. The zero-order valence-corrected chi connectivity index (χ0v) is 13.1. The molecular weight excluding hydrogens is 367 g/mol. The van der Waals surface area contributed by atoms with E-state index in [-0.39, 0.29) is 5.69 Å². The Morgan fingerprint density at radius 1 is 1.28 bits per heavy atom. The molecule has 0 fully saturated rings. The number of carbonyl (C=O) groups excluding carboxylic acids is 1. The summed E-state index contributed by atoms with van der Waals surface area (Å²) >= 11 is 14.2. The average molecular weight is 376 g/mol. The Morgan fingerprint density at radius 2 is 1.78 bits per heavy atom. The first-order valence-corrected chi connectivity index (χ1v) is 7.71. The van der Waals surface area contributed by atoms with Gasteiger partial charge in [0.05, 0.1) is 5.69 Å². The molecule has 0 heterocycles. The van der Waals surface area contributed by atoms with Crippen LogP contribution in [0.1, 0.15) is 6.92 Å². The van der Waals surface area contributed by atoms with E-state index in [9.17, 15) is 13.2 Å². The topological polar surface area (TPSA) is 57.7 Å². The molecule has 0 radical (unpaired) electrons. The number of hydrogen-bond acceptors (Lipinski definition) is 4. The maximum atomic E-state index is 12.0. The quantitative estimate of drug-likeness (QED) is 0.586. The Morgan fingerprint density at radius 3 is 2.17 bits per heavy atom. The van der Waals surface area contributed by atoms with Crippen LogP contribution in [0.4, 0.5) is 5.69 Å². The van der Waals surface area contributed by atoms with Crippen LogP contribution < -0.4 is 4.41 Å². The van der Waals surface area contributed by atoms with Crippen molar-refractivity contribution in [3.05, 3.63) is 28.7 Å². The second kappa shape index (κ2) is 6.21. The Bertz CT molecular complexity index is 533. The number of Topliss-reactive ketones (excluding diaryl/α,β-unsaturated/α-hetero) is 1. The number of benzene rings is 1. The predicted molar refractivity (Wildman–Crippen MR) is 74.6 cm³/mol. The molecule has 1 rings (SSSR count). The number of sulfonamides is 1. The maximum absolute atomic E-state index is 12.0. The van der Waals surface area contributed by atoms with Crippen molar-refractivity contribution in [2.24, 2.45) is 0 Å². The lowest BCUT2D eigenvalue weighted by Crippen LogP contribution is -2.39. The van der Waals surface area contributed by atoms with E-state index in [1.54, 1.807) is 12.1 Å². The minimum absolute atomic E-state index is 0.226. The zero-order chi connectivity index (χ0) is 13.9. The third kappa shape index (κ3) is 4.10. The number of ketones is 1. The molecule has 0 aliphatic heterocycles. The first-order valence-electron chi connectivity index (χ1n) is 4.63. The Kier molecular flexibility index (Phi) is 5.42. The summed E-state index contributed by atoms with van der Waals surface area (Å²) in [4.78, 5) is 11.0. The molecule has 0 amide bonds. The molecule has 0 saturated carbocycles. The summed E-state index contributed by atoms with van der Waals surface area (Å²) < 4.78 is 25.7. The van der Waals surface area contributed by atoms with Gasteiger partial charge in [0.2, 0.25) is 0 Å². The Balaban J connectivity index is 3.18. The lowest BCUT2D eigenvalue weighted by Gasteiger charge is -2.24. The van der Waals surface area contributed by atoms with Crippen molar-refractivity contribution in [2.45, 2.75) is 6.92 Å². The molecule has 100 valence electrons. The van der Waals surface area contributed by atoms with Gasteiger partial charge in [0.15, 0.2) is 0 Å². The number of rotatable bonds is 5. The van der Waals surface area contributed by atoms with Crippen LogP contribution in [0.5, 0.6) is 0 Å². The first-order chi connectivity index (χ1) is 8.24. The van der Waals surface area contributed by atoms with Crippen molar-refractivity contribution >= 4 is 61.0 Å². The van der Waals surface area contributed by atoms with Crippen LogP contribution in [0.15, 0.2) is 28.7 Å². The fourth-order valence-corrected chi connectivity index (χ4v) is 3.50. The molecule has 18 heavy (non-hydrogen) atoms. The molecule has 0 saturated heterocycles. The molecule has 1 aromatic carbocycles. The molecule has 0 aromatic heterocycles. The summed E-state index contributed by atoms with van der Waals surface area (Å²) in [6.45, 7) is 1.17. The molecule has 0 N–H and O–H groups in total. The van der Waals surface area contributed by atoms with Crippen molar-refractivity contribution in [1.29, 1.82) is 0 Å². The van der Waals surface area contributed by atoms with Crippen molar-refractivity contribution in [2.75, 3.05) is 10.2 Å². The fraction of sp³-hybridized carbons (Fsp3) is 0.222. The molecule has 5 nitrogen and oxygen atoms in total. The molecule has 0 bridgehead atoms. The van der Waals surface area contributed by atoms with Gasteiger partial charge in [0.25, 0.3) is 10.0 Å². The summed E-state index contributed by atoms with van der Waals surface area (Å²) in [5.74, 6) is -1.19. The summed E-state index contributed by atoms with van der Waals surface area (Å²) in [6.07, 6.45) is 0. The monoisotopic (exact) mass is 374 g/mol. The normalized spacial score (nSPS) is 11.6. The van der Waals surface area contributed by atoms with Gasteiger partial charge in [-0.2, -0.15) is 4.41 Å². The second-order valence-electron chi connectivity index (χ2n) is 3.39. The lowest BCUT2D eigenvalue weighted by atomic mass is 10.3. The van der Waals surface area contributed by atoms with Crippen LogP contribution in [0, 0.1) is 0 Å². The predicted octanol–water partition coefficient (Wildman–Crippen LogP) is 2.70. The summed E-state index contributed by atoms with van der Waals surface area (Å²) in [6, 6.07) is 6.25. The molecule has 0 aliphatic carbocycles. The molecule has 9 heteroatoms. The van der Waals surface area contributed by atoms with Crippen LogP contribution in [0.2, 0.25) is 0 Å². The van der Waals surface area contributed by atoms with Crippen LogP contribution in [0.25, 0.3) is 0 Å². The van der Waals surface area contributed by atoms with Crippen LogP contribution in [-0.2, 0) is 14.8 Å². The molecular formula is C9H9BrCl2N2O3S. The van der Waals surface area contributed by atoms with E-state index in [4.69, 9.17) is 23.6 Å². The van der Waals surface area contributed by atoms with Gasteiger partial charge in [-0.05, 0) is 35.2 Å². The van der Waals surface area contributed by atoms with Gasteiger partial charge in [-0.15, -0.1) is 0 Å². The van der Waals surface area contributed by atoms with Crippen molar-refractivity contribution < 1.29 is 13.2 Å². The molecule has 0 unspecified atom stereocenters. The first kappa shape index (κ1) is 15.7. The maximum Gasteiger partial charge on any atom is 0.257 e. The van der Waals surface area contributed by atoms with Crippen molar-refractivity contribution in [3.8, 4) is 0 Å². The van der Waals surface area contributed by atoms with Crippen LogP contribution in [-0.4, -0.2) is 24.0 Å². The van der Waals surface area contributed by atoms with E-state index in [0.717, 1.165) is 4.47 Å². The highest BCUT2D eigenvalue weighted by molar-refractivity contribution is 9.10. The summed E-state index contributed by atoms with van der Waals surface area (Å²) in [5, 5.41) is 0. The number of nitrogens with zero attached hydrogens (tertiary/aromatic N) is 2. The molecule has 1 aromatic rings. The van der Waals surface area contributed by atoms with E-state index in [0.29, 0.717) is 8.46 Å². The molecule has 0 aliphatic rings. The van der Waals surface area contributed by atoms with Gasteiger partial charge in [-0.3, -0.25) is 4.79 Å². The average Bonchev–Trinajstić information content (AvgIpc) is 2.18.